The predicted octanol–water partition coefficient (Wildman–Crippen LogP) is 2.63. The maximum absolute atomic E-state index is 10.8. The molecular formula is C13H15NO3. The SMILES string of the molecule is CC(C)NCc1coc2cc(C(=O)O)ccc12. The summed E-state index contributed by atoms with van der Waals surface area (Å²) in [4.78, 5) is 10.8. The van der Waals surface area contributed by atoms with Crippen molar-refractivity contribution < 1.29 is 14.3 Å². The summed E-state index contributed by atoms with van der Waals surface area (Å²) in [5, 5.41) is 13.1. The van der Waals surface area contributed by atoms with E-state index in [0.29, 0.717) is 11.6 Å². The smallest absolute Gasteiger partial charge is 0.335 e. The van der Waals surface area contributed by atoms with Crippen molar-refractivity contribution in [2.75, 3.05) is 0 Å². The minimum Gasteiger partial charge on any atom is -0.478 e. The maximum atomic E-state index is 10.8. The third kappa shape index (κ3) is 2.47. The number of aromatic carboxylic acids is 1. The largest absolute Gasteiger partial charge is 0.478 e. The molecule has 0 spiro atoms. The molecule has 0 amide bonds. The van der Waals surface area contributed by atoms with Crippen LogP contribution in [0, 0.1) is 0 Å². The van der Waals surface area contributed by atoms with Gasteiger partial charge in [0.1, 0.15) is 5.58 Å². The van der Waals surface area contributed by atoms with Crippen molar-refractivity contribution in [3.63, 3.8) is 0 Å². The highest BCUT2D eigenvalue weighted by Crippen LogP contribution is 2.22. The fourth-order valence-corrected chi connectivity index (χ4v) is 1.67. The Morgan fingerprint density at radius 3 is 2.88 bits per heavy atom. The molecule has 1 heterocycles. The number of furan rings is 1. The predicted molar refractivity (Wildman–Crippen MR) is 65.1 cm³/mol. The Morgan fingerprint density at radius 1 is 1.47 bits per heavy atom. The molecule has 0 aliphatic carbocycles. The number of hydrogen-bond acceptors (Lipinski definition) is 3. The van der Waals surface area contributed by atoms with E-state index in [4.69, 9.17) is 9.52 Å². The topological polar surface area (TPSA) is 62.5 Å². The van der Waals surface area contributed by atoms with Gasteiger partial charge in [-0.1, -0.05) is 13.8 Å². The van der Waals surface area contributed by atoms with Gasteiger partial charge in [0.2, 0.25) is 0 Å². The summed E-state index contributed by atoms with van der Waals surface area (Å²) >= 11 is 0. The number of carboxylic acids is 1. The van der Waals surface area contributed by atoms with E-state index in [2.05, 4.69) is 19.2 Å². The van der Waals surface area contributed by atoms with Crippen molar-refractivity contribution in [2.45, 2.75) is 26.4 Å². The second-order valence-electron chi connectivity index (χ2n) is 4.31. The summed E-state index contributed by atoms with van der Waals surface area (Å²) < 4.78 is 5.37. The van der Waals surface area contributed by atoms with Gasteiger partial charge in [0.05, 0.1) is 11.8 Å². The molecule has 0 atom stereocenters. The summed E-state index contributed by atoms with van der Waals surface area (Å²) in [6.07, 6.45) is 1.67. The van der Waals surface area contributed by atoms with Crippen molar-refractivity contribution >= 4 is 16.9 Å². The van der Waals surface area contributed by atoms with Gasteiger partial charge in [0.15, 0.2) is 0 Å². The van der Waals surface area contributed by atoms with Gasteiger partial charge in [-0.3, -0.25) is 0 Å². The molecule has 0 unspecified atom stereocenters. The van der Waals surface area contributed by atoms with E-state index in [-0.39, 0.29) is 5.56 Å². The first-order chi connectivity index (χ1) is 8.08. The zero-order chi connectivity index (χ0) is 12.4. The van der Waals surface area contributed by atoms with E-state index in [0.717, 1.165) is 17.5 Å². The van der Waals surface area contributed by atoms with E-state index in [1.807, 2.05) is 0 Å². The first-order valence-electron chi connectivity index (χ1n) is 5.54. The van der Waals surface area contributed by atoms with E-state index in [9.17, 15) is 4.79 Å². The summed E-state index contributed by atoms with van der Waals surface area (Å²) in [6, 6.07) is 5.34. The van der Waals surface area contributed by atoms with Crippen molar-refractivity contribution in [1.82, 2.24) is 5.32 Å². The monoisotopic (exact) mass is 233 g/mol. The van der Waals surface area contributed by atoms with E-state index >= 15 is 0 Å². The van der Waals surface area contributed by atoms with Crippen LogP contribution in [-0.4, -0.2) is 17.1 Å². The first-order valence-corrected chi connectivity index (χ1v) is 5.54. The second kappa shape index (κ2) is 4.59. The van der Waals surface area contributed by atoms with E-state index in [1.54, 1.807) is 24.5 Å². The minimum absolute atomic E-state index is 0.246. The Labute approximate surface area is 99.2 Å². The molecule has 1 aromatic carbocycles. The number of carbonyl (C=O) groups is 1. The fraction of sp³-hybridized carbons (Fsp3) is 0.308. The van der Waals surface area contributed by atoms with Crippen molar-refractivity contribution in [3.05, 3.63) is 35.6 Å². The normalized spacial score (nSPS) is 11.2. The zero-order valence-corrected chi connectivity index (χ0v) is 9.86. The summed E-state index contributed by atoms with van der Waals surface area (Å²) in [7, 11) is 0. The van der Waals surface area contributed by atoms with Crippen molar-refractivity contribution in [1.29, 1.82) is 0 Å². The molecule has 4 nitrogen and oxygen atoms in total. The van der Waals surface area contributed by atoms with Crippen LogP contribution in [0.25, 0.3) is 11.0 Å². The van der Waals surface area contributed by atoms with Crippen LogP contribution in [0.15, 0.2) is 28.9 Å². The number of benzene rings is 1. The van der Waals surface area contributed by atoms with Gasteiger partial charge in [-0.05, 0) is 18.2 Å². The Hall–Kier alpha value is -1.81. The lowest BCUT2D eigenvalue weighted by Crippen LogP contribution is -2.21. The van der Waals surface area contributed by atoms with Gasteiger partial charge < -0.3 is 14.8 Å². The lowest BCUT2D eigenvalue weighted by molar-refractivity contribution is 0.0697. The van der Waals surface area contributed by atoms with Crippen LogP contribution in [0.2, 0.25) is 0 Å². The fourth-order valence-electron chi connectivity index (χ4n) is 1.67. The van der Waals surface area contributed by atoms with Crippen LogP contribution < -0.4 is 5.32 Å². The molecule has 2 aromatic rings. The average molecular weight is 233 g/mol. The van der Waals surface area contributed by atoms with Crippen LogP contribution in [0.3, 0.4) is 0 Å². The van der Waals surface area contributed by atoms with Crippen LogP contribution >= 0.6 is 0 Å². The molecule has 90 valence electrons. The third-order valence-electron chi connectivity index (χ3n) is 2.60. The van der Waals surface area contributed by atoms with Gasteiger partial charge >= 0.3 is 5.97 Å². The Morgan fingerprint density at radius 2 is 2.24 bits per heavy atom. The molecule has 0 saturated carbocycles. The Bertz CT molecular complexity index is 543. The number of carboxylic acid groups (broad SMARTS) is 1. The lowest BCUT2D eigenvalue weighted by Gasteiger charge is -2.06. The first kappa shape index (κ1) is 11.7. The molecule has 0 radical (unpaired) electrons. The molecule has 0 saturated heterocycles. The molecule has 0 fully saturated rings. The van der Waals surface area contributed by atoms with Gasteiger partial charge in [-0.2, -0.15) is 0 Å². The highest BCUT2D eigenvalue weighted by molar-refractivity contribution is 5.93. The zero-order valence-electron chi connectivity index (χ0n) is 9.86. The molecule has 0 aliphatic rings. The number of hydrogen-bond donors (Lipinski definition) is 2. The Kier molecular flexibility index (Phi) is 3.15. The quantitative estimate of drug-likeness (QED) is 0.852. The van der Waals surface area contributed by atoms with Crippen molar-refractivity contribution in [3.8, 4) is 0 Å². The second-order valence-corrected chi connectivity index (χ2v) is 4.31. The molecule has 0 bridgehead atoms. The van der Waals surface area contributed by atoms with Crippen LogP contribution in [-0.2, 0) is 6.54 Å². The summed E-state index contributed by atoms with van der Waals surface area (Å²) in [5.41, 5.74) is 1.91. The molecule has 4 heteroatoms. The van der Waals surface area contributed by atoms with E-state index < -0.39 is 5.97 Å². The van der Waals surface area contributed by atoms with Gasteiger partial charge in [-0.25, -0.2) is 4.79 Å². The Balaban J connectivity index is 2.31. The van der Waals surface area contributed by atoms with Gasteiger partial charge in [-0.15, -0.1) is 0 Å². The molecule has 2 N–H and O–H groups in total. The molecule has 17 heavy (non-hydrogen) atoms. The highest BCUT2D eigenvalue weighted by Gasteiger charge is 2.09. The highest BCUT2D eigenvalue weighted by atomic mass is 16.4. The molecular weight excluding hydrogens is 218 g/mol. The van der Waals surface area contributed by atoms with Gasteiger partial charge in [0.25, 0.3) is 0 Å². The number of rotatable bonds is 4. The summed E-state index contributed by atoms with van der Waals surface area (Å²) in [5.74, 6) is -0.940. The lowest BCUT2D eigenvalue weighted by atomic mass is 10.1. The number of fused-ring (bicyclic) bond motifs is 1. The third-order valence-corrected chi connectivity index (χ3v) is 2.60. The van der Waals surface area contributed by atoms with Crippen LogP contribution in [0.1, 0.15) is 29.8 Å². The van der Waals surface area contributed by atoms with Crippen molar-refractivity contribution in [2.24, 2.45) is 0 Å². The maximum Gasteiger partial charge on any atom is 0.335 e. The molecule has 0 aliphatic heterocycles. The summed E-state index contributed by atoms with van der Waals surface area (Å²) in [6.45, 7) is 4.87. The van der Waals surface area contributed by atoms with Crippen LogP contribution in [0.4, 0.5) is 0 Å². The minimum atomic E-state index is -0.940. The van der Waals surface area contributed by atoms with Gasteiger partial charge in [0, 0.05) is 23.5 Å². The average Bonchev–Trinajstić information content (AvgIpc) is 2.68. The van der Waals surface area contributed by atoms with Crippen LogP contribution in [0.5, 0.6) is 0 Å². The molecule has 2 rings (SSSR count). The number of nitrogens with one attached hydrogen (secondary N) is 1. The molecule has 1 aromatic heterocycles. The van der Waals surface area contributed by atoms with E-state index in [1.165, 1.54) is 0 Å². The standard InChI is InChI=1S/C13H15NO3/c1-8(2)14-6-10-7-17-12-5-9(13(15)16)3-4-11(10)12/h3-5,7-8,14H,6H2,1-2H3,(H,15,16).